The minimum absolute atomic E-state index is 0.223. The van der Waals surface area contributed by atoms with Crippen LogP contribution in [0.15, 0.2) is 41.1 Å². The van der Waals surface area contributed by atoms with Crippen LogP contribution in [0.5, 0.6) is 0 Å². The summed E-state index contributed by atoms with van der Waals surface area (Å²) in [5.41, 5.74) is 0.718. The summed E-state index contributed by atoms with van der Waals surface area (Å²) in [6.45, 7) is 0. The summed E-state index contributed by atoms with van der Waals surface area (Å²) in [5, 5.41) is 2.78. The molecular weight excluding hydrogens is 322 g/mol. The molecule has 0 aliphatic heterocycles. The second kappa shape index (κ2) is 5.46. The zero-order valence-electron chi connectivity index (χ0n) is 8.95. The summed E-state index contributed by atoms with van der Waals surface area (Å²) in [5.74, 6) is -0.867. The quantitative estimate of drug-likeness (QED) is 0.849. The number of rotatable bonds is 2. The molecule has 1 N–H and O–H groups in total. The number of hydrogen-bond donors (Lipinski definition) is 1. The van der Waals surface area contributed by atoms with Crippen LogP contribution >= 0.6 is 27.5 Å². The molecule has 1 heterocycles. The third-order valence-electron chi connectivity index (χ3n) is 2.11. The maximum Gasteiger partial charge on any atom is 0.255 e. The first-order valence-electron chi connectivity index (χ1n) is 4.93. The van der Waals surface area contributed by atoms with Gasteiger partial charge in [0.1, 0.15) is 10.4 Å². The molecule has 18 heavy (non-hydrogen) atoms. The molecule has 0 atom stereocenters. The molecule has 0 spiro atoms. The number of hydrogen-bond acceptors (Lipinski definition) is 2. The minimum atomic E-state index is -0.506. The summed E-state index contributed by atoms with van der Waals surface area (Å²) in [7, 11) is 0. The fourth-order valence-corrected chi connectivity index (χ4v) is 1.96. The van der Waals surface area contributed by atoms with E-state index in [2.05, 4.69) is 26.2 Å². The Morgan fingerprint density at radius 1 is 1.33 bits per heavy atom. The second-order valence-corrected chi connectivity index (χ2v) is 4.73. The van der Waals surface area contributed by atoms with Gasteiger partial charge in [-0.05, 0) is 46.3 Å². The van der Waals surface area contributed by atoms with Crippen molar-refractivity contribution in [1.82, 2.24) is 4.98 Å². The Hall–Kier alpha value is -1.46. The summed E-state index contributed by atoms with van der Waals surface area (Å²) in [6.07, 6.45) is 1.50. The maximum absolute atomic E-state index is 13.1. The van der Waals surface area contributed by atoms with Crippen molar-refractivity contribution in [3.8, 4) is 0 Å². The average molecular weight is 330 g/mol. The molecule has 6 heteroatoms. The Balaban J connectivity index is 2.21. The number of carbonyl (C=O) groups is 1. The van der Waals surface area contributed by atoms with Gasteiger partial charge in [-0.25, -0.2) is 9.37 Å². The molecule has 0 radical (unpaired) electrons. The molecule has 1 aromatic carbocycles. The zero-order chi connectivity index (χ0) is 13.1. The highest BCUT2D eigenvalue weighted by molar-refractivity contribution is 9.10. The number of pyridine rings is 1. The van der Waals surface area contributed by atoms with E-state index in [-0.39, 0.29) is 10.9 Å². The number of nitrogens with zero attached hydrogens (tertiary/aromatic N) is 1. The van der Waals surface area contributed by atoms with Gasteiger partial charge in [-0.15, -0.1) is 0 Å². The monoisotopic (exact) mass is 328 g/mol. The van der Waals surface area contributed by atoms with Crippen molar-refractivity contribution in [2.45, 2.75) is 0 Å². The Labute approximate surface area is 116 Å². The zero-order valence-corrected chi connectivity index (χ0v) is 11.3. The minimum Gasteiger partial charge on any atom is -0.322 e. The number of carbonyl (C=O) groups excluding carboxylic acids is 1. The fourth-order valence-electron chi connectivity index (χ4n) is 1.37. The highest BCUT2D eigenvalue weighted by Crippen LogP contribution is 2.19. The Kier molecular flexibility index (Phi) is 3.93. The van der Waals surface area contributed by atoms with E-state index in [9.17, 15) is 9.18 Å². The van der Waals surface area contributed by atoms with Gasteiger partial charge in [0.2, 0.25) is 0 Å². The molecule has 0 saturated carbocycles. The van der Waals surface area contributed by atoms with E-state index in [0.717, 1.165) is 0 Å². The second-order valence-electron chi connectivity index (χ2n) is 3.48. The topological polar surface area (TPSA) is 42.0 Å². The lowest BCUT2D eigenvalue weighted by molar-refractivity contribution is 0.102. The normalized spacial score (nSPS) is 10.2. The first kappa shape index (κ1) is 13.0. The Bertz CT molecular complexity index is 586. The third-order valence-corrected chi connectivity index (χ3v) is 2.76. The van der Waals surface area contributed by atoms with Crippen LogP contribution in [0.1, 0.15) is 10.4 Å². The first-order chi connectivity index (χ1) is 8.54. The summed E-state index contributed by atoms with van der Waals surface area (Å²) >= 11 is 8.86. The van der Waals surface area contributed by atoms with E-state index in [4.69, 9.17) is 11.6 Å². The smallest absolute Gasteiger partial charge is 0.255 e. The van der Waals surface area contributed by atoms with Crippen molar-refractivity contribution in [2.24, 2.45) is 0 Å². The van der Waals surface area contributed by atoms with Crippen LogP contribution in [-0.2, 0) is 0 Å². The van der Waals surface area contributed by atoms with Crippen LogP contribution in [0.25, 0.3) is 0 Å². The number of halogens is 3. The van der Waals surface area contributed by atoms with Crippen molar-refractivity contribution in [3.63, 3.8) is 0 Å². The van der Waals surface area contributed by atoms with Crippen molar-refractivity contribution in [1.29, 1.82) is 0 Å². The van der Waals surface area contributed by atoms with E-state index >= 15 is 0 Å². The molecule has 1 aromatic heterocycles. The van der Waals surface area contributed by atoms with Gasteiger partial charge in [0.25, 0.3) is 5.91 Å². The summed E-state index contributed by atoms with van der Waals surface area (Å²) in [6, 6.07) is 6.95. The predicted octanol–water partition coefficient (Wildman–Crippen LogP) is 3.89. The van der Waals surface area contributed by atoms with Gasteiger partial charge in [0.05, 0.1) is 0 Å². The van der Waals surface area contributed by atoms with E-state index in [0.29, 0.717) is 15.9 Å². The van der Waals surface area contributed by atoms with Crippen LogP contribution in [-0.4, -0.2) is 10.9 Å². The van der Waals surface area contributed by atoms with Gasteiger partial charge in [-0.1, -0.05) is 11.6 Å². The van der Waals surface area contributed by atoms with E-state index in [1.54, 1.807) is 12.1 Å². The Morgan fingerprint density at radius 2 is 2.11 bits per heavy atom. The largest absolute Gasteiger partial charge is 0.322 e. The molecule has 0 unspecified atom stereocenters. The highest BCUT2D eigenvalue weighted by atomic mass is 79.9. The molecule has 0 aliphatic rings. The number of benzene rings is 1. The molecule has 0 fully saturated rings. The molecule has 0 aliphatic carbocycles. The lowest BCUT2D eigenvalue weighted by atomic mass is 10.2. The number of nitrogens with one attached hydrogen (secondary N) is 1. The molecule has 2 aromatic rings. The SMILES string of the molecule is O=C(Nc1cc(F)cc(Cl)c1)c1ccnc(Br)c1. The van der Waals surface area contributed by atoms with E-state index in [1.165, 1.54) is 24.4 Å². The van der Waals surface area contributed by atoms with E-state index in [1.807, 2.05) is 0 Å². The number of aromatic nitrogens is 1. The van der Waals surface area contributed by atoms with Crippen LogP contribution in [0.4, 0.5) is 10.1 Å². The molecular formula is C12H7BrClFN2O. The number of anilines is 1. The molecule has 0 saturated heterocycles. The fraction of sp³-hybridized carbons (Fsp3) is 0. The molecule has 3 nitrogen and oxygen atoms in total. The van der Waals surface area contributed by atoms with Crippen molar-refractivity contribution in [2.75, 3.05) is 5.32 Å². The maximum atomic E-state index is 13.1. The van der Waals surface area contributed by atoms with Gasteiger partial charge >= 0.3 is 0 Å². The van der Waals surface area contributed by atoms with Gasteiger partial charge < -0.3 is 5.32 Å². The van der Waals surface area contributed by atoms with Crippen LogP contribution in [0, 0.1) is 5.82 Å². The lowest BCUT2D eigenvalue weighted by Gasteiger charge is -2.06. The first-order valence-corrected chi connectivity index (χ1v) is 6.11. The van der Waals surface area contributed by atoms with Crippen molar-refractivity contribution >= 4 is 39.1 Å². The van der Waals surface area contributed by atoms with Gasteiger partial charge in [0, 0.05) is 22.5 Å². The van der Waals surface area contributed by atoms with Crippen molar-refractivity contribution < 1.29 is 9.18 Å². The van der Waals surface area contributed by atoms with Crippen LogP contribution in [0.3, 0.4) is 0 Å². The highest BCUT2D eigenvalue weighted by Gasteiger charge is 2.08. The van der Waals surface area contributed by atoms with Gasteiger partial charge in [-0.3, -0.25) is 4.79 Å². The number of amides is 1. The van der Waals surface area contributed by atoms with Crippen molar-refractivity contribution in [3.05, 3.63) is 57.5 Å². The van der Waals surface area contributed by atoms with Gasteiger partial charge in [0.15, 0.2) is 0 Å². The molecule has 0 bridgehead atoms. The Morgan fingerprint density at radius 3 is 2.78 bits per heavy atom. The summed E-state index contributed by atoms with van der Waals surface area (Å²) < 4.78 is 13.6. The van der Waals surface area contributed by atoms with Crippen LogP contribution < -0.4 is 5.32 Å². The van der Waals surface area contributed by atoms with Gasteiger partial charge in [-0.2, -0.15) is 0 Å². The third kappa shape index (κ3) is 3.27. The molecule has 1 amide bonds. The lowest BCUT2D eigenvalue weighted by Crippen LogP contribution is -2.12. The molecule has 2 rings (SSSR count). The predicted molar refractivity (Wildman–Crippen MR) is 71.3 cm³/mol. The van der Waals surface area contributed by atoms with E-state index < -0.39 is 5.82 Å². The standard InChI is InChI=1S/C12H7BrClFN2O/c13-11-3-7(1-2-16-11)12(18)17-10-5-8(14)4-9(15)6-10/h1-6H,(H,17,18). The summed E-state index contributed by atoms with van der Waals surface area (Å²) in [4.78, 5) is 15.8. The molecule has 92 valence electrons. The van der Waals surface area contributed by atoms with Crippen LogP contribution in [0.2, 0.25) is 5.02 Å². The average Bonchev–Trinajstić information content (AvgIpc) is 2.27.